The molecule has 0 aliphatic carbocycles. The molecule has 1 N–H and O–H groups in total. The average molecular weight is 243 g/mol. The fourth-order valence-electron chi connectivity index (χ4n) is 1.56. The zero-order valence-corrected chi connectivity index (χ0v) is 9.38. The fraction of sp³-hybridized carbons (Fsp3) is 0. The Morgan fingerprint density at radius 3 is 2.56 bits per heavy atom. The summed E-state index contributed by atoms with van der Waals surface area (Å²) in [6, 6.07) is 8.97. The van der Waals surface area contributed by atoms with Gasteiger partial charge < -0.3 is 5.11 Å². The van der Waals surface area contributed by atoms with Crippen LogP contribution in [0.1, 0.15) is 11.1 Å². The number of benzene rings is 1. The van der Waals surface area contributed by atoms with Crippen molar-refractivity contribution < 1.29 is 14.3 Å². The molecule has 2 aromatic rings. The first kappa shape index (κ1) is 12.0. The van der Waals surface area contributed by atoms with Gasteiger partial charge in [-0.3, -0.25) is 4.98 Å². The third-order valence-electron chi connectivity index (χ3n) is 2.38. The van der Waals surface area contributed by atoms with Gasteiger partial charge in [0.1, 0.15) is 5.82 Å². The summed E-state index contributed by atoms with van der Waals surface area (Å²) in [6.45, 7) is 0. The Balaban J connectivity index is 2.46. The molecule has 0 fully saturated rings. The number of pyridine rings is 1. The molecule has 1 aromatic carbocycles. The highest BCUT2D eigenvalue weighted by atomic mass is 19.1. The Labute approximate surface area is 103 Å². The van der Waals surface area contributed by atoms with Crippen LogP contribution in [-0.2, 0) is 4.79 Å². The summed E-state index contributed by atoms with van der Waals surface area (Å²) in [6.07, 6.45) is 4.45. The molecular weight excluding hydrogens is 233 g/mol. The van der Waals surface area contributed by atoms with E-state index < -0.39 is 11.8 Å². The van der Waals surface area contributed by atoms with E-state index in [1.807, 2.05) is 0 Å². The molecule has 3 nitrogen and oxygen atoms in total. The highest BCUT2D eigenvalue weighted by Gasteiger charge is 2.10. The summed E-state index contributed by atoms with van der Waals surface area (Å²) < 4.78 is 13.0. The lowest BCUT2D eigenvalue weighted by atomic mass is 10.0. The molecule has 0 aliphatic heterocycles. The smallest absolute Gasteiger partial charge is 0.336 e. The summed E-state index contributed by atoms with van der Waals surface area (Å²) in [7, 11) is 0. The molecule has 0 atom stereocenters. The lowest BCUT2D eigenvalue weighted by Gasteiger charge is -2.02. The van der Waals surface area contributed by atoms with Crippen LogP contribution in [0.2, 0.25) is 0 Å². The third kappa shape index (κ3) is 2.79. The minimum absolute atomic E-state index is 0.100. The van der Waals surface area contributed by atoms with Crippen molar-refractivity contribution in [1.29, 1.82) is 0 Å². The topological polar surface area (TPSA) is 50.2 Å². The molecule has 0 aliphatic rings. The Bertz CT molecular complexity index is 594. The van der Waals surface area contributed by atoms with E-state index in [0.29, 0.717) is 11.1 Å². The van der Waals surface area contributed by atoms with Crippen LogP contribution >= 0.6 is 0 Å². The molecule has 0 amide bonds. The molecule has 0 bridgehead atoms. The molecular formula is C14H10FNO2. The number of hydrogen-bond acceptors (Lipinski definition) is 2. The molecule has 1 aromatic heterocycles. The number of rotatable bonds is 3. The van der Waals surface area contributed by atoms with Gasteiger partial charge in [-0.25, -0.2) is 9.18 Å². The van der Waals surface area contributed by atoms with Gasteiger partial charge in [0.25, 0.3) is 0 Å². The number of carboxylic acid groups (broad SMARTS) is 1. The van der Waals surface area contributed by atoms with Crippen molar-refractivity contribution in [3.8, 4) is 0 Å². The lowest BCUT2D eigenvalue weighted by molar-refractivity contribution is -0.130. The zero-order chi connectivity index (χ0) is 13.0. The van der Waals surface area contributed by atoms with Crippen LogP contribution in [-0.4, -0.2) is 16.1 Å². The first-order valence-electron chi connectivity index (χ1n) is 5.28. The zero-order valence-electron chi connectivity index (χ0n) is 9.38. The van der Waals surface area contributed by atoms with Gasteiger partial charge in [0.05, 0.1) is 5.57 Å². The van der Waals surface area contributed by atoms with Gasteiger partial charge in [-0.05, 0) is 41.5 Å². The van der Waals surface area contributed by atoms with Crippen molar-refractivity contribution in [3.05, 3.63) is 65.7 Å². The molecule has 0 saturated heterocycles. The largest absolute Gasteiger partial charge is 0.478 e. The van der Waals surface area contributed by atoms with Gasteiger partial charge in [0.15, 0.2) is 0 Å². The first-order chi connectivity index (χ1) is 8.66. The Hall–Kier alpha value is -2.49. The summed E-state index contributed by atoms with van der Waals surface area (Å²) in [5, 5.41) is 9.17. The molecule has 0 unspecified atom stereocenters. The minimum Gasteiger partial charge on any atom is -0.478 e. The van der Waals surface area contributed by atoms with Crippen LogP contribution in [0.3, 0.4) is 0 Å². The summed E-state index contributed by atoms with van der Waals surface area (Å²) in [5.41, 5.74) is 1.13. The van der Waals surface area contributed by atoms with Gasteiger partial charge in [0, 0.05) is 12.4 Å². The van der Waals surface area contributed by atoms with Crippen LogP contribution in [0.5, 0.6) is 0 Å². The maximum atomic E-state index is 13.0. The molecule has 0 spiro atoms. The summed E-state index contributed by atoms with van der Waals surface area (Å²) >= 11 is 0. The van der Waals surface area contributed by atoms with Crippen LogP contribution in [0.4, 0.5) is 4.39 Å². The van der Waals surface area contributed by atoms with E-state index in [-0.39, 0.29) is 5.57 Å². The van der Waals surface area contributed by atoms with Crippen molar-refractivity contribution in [2.45, 2.75) is 0 Å². The van der Waals surface area contributed by atoms with Crippen molar-refractivity contribution in [2.75, 3.05) is 0 Å². The Morgan fingerprint density at radius 1 is 1.22 bits per heavy atom. The second-order valence-electron chi connectivity index (χ2n) is 3.65. The van der Waals surface area contributed by atoms with E-state index >= 15 is 0 Å². The normalized spacial score (nSPS) is 11.3. The second kappa shape index (κ2) is 5.23. The summed E-state index contributed by atoms with van der Waals surface area (Å²) in [4.78, 5) is 15.0. The lowest BCUT2D eigenvalue weighted by Crippen LogP contribution is -1.99. The van der Waals surface area contributed by atoms with Crippen molar-refractivity contribution >= 4 is 17.6 Å². The van der Waals surface area contributed by atoms with E-state index in [1.165, 1.54) is 36.7 Å². The molecule has 1 heterocycles. The maximum absolute atomic E-state index is 13.0. The standard InChI is InChI=1S/C14H10FNO2/c15-12-3-1-2-10(8-12)9-13(14(17)18)11-4-6-16-7-5-11/h1-9H,(H,17,18)/b13-9+. The number of carboxylic acids is 1. The van der Waals surface area contributed by atoms with Gasteiger partial charge >= 0.3 is 5.97 Å². The van der Waals surface area contributed by atoms with Crippen LogP contribution < -0.4 is 0 Å². The molecule has 0 saturated carbocycles. The minimum atomic E-state index is -1.06. The first-order valence-corrected chi connectivity index (χ1v) is 5.28. The number of aromatic nitrogens is 1. The predicted octanol–water partition coefficient (Wildman–Crippen LogP) is 2.85. The average Bonchev–Trinajstić information content (AvgIpc) is 2.37. The van der Waals surface area contributed by atoms with Gasteiger partial charge in [-0.2, -0.15) is 0 Å². The van der Waals surface area contributed by atoms with Crippen molar-refractivity contribution in [1.82, 2.24) is 4.98 Å². The van der Waals surface area contributed by atoms with E-state index in [9.17, 15) is 14.3 Å². The van der Waals surface area contributed by atoms with Gasteiger partial charge in [0.2, 0.25) is 0 Å². The quantitative estimate of drug-likeness (QED) is 0.843. The van der Waals surface area contributed by atoms with Crippen molar-refractivity contribution in [3.63, 3.8) is 0 Å². The number of halogens is 1. The number of nitrogens with zero attached hydrogens (tertiary/aromatic N) is 1. The van der Waals surface area contributed by atoms with E-state index in [2.05, 4.69) is 4.98 Å². The molecule has 90 valence electrons. The number of aliphatic carboxylic acids is 1. The predicted molar refractivity (Wildman–Crippen MR) is 66.1 cm³/mol. The van der Waals surface area contributed by atoms with Gasteiger partial charge in [-0.15, -0.1) is 0 Å². The molecule has 18 heavy (non-hydrogen) atoms. The highest BCUT2D eigenvalue weighted by molar-refractivity contribution is 6.20. The molecule has 0 radical (unpaired) electrons. The van der Waals surface area contributed by atoms with E-state index in [1.54, 1.807) is 18.2 Å². The van der Waals surface area contributed by atoms with Crippen LogP contribution in [0, 0.1) is 5.82 Å². The fourth-order valence-corrected chi connectivity index (χ4v) is 1.56. The Morgan fingerprint density at radius 2 is 1.94 bits per heavy atom. The molecule has 4 heteroatoms. The van der Waals surface area contributed by atoms with Crippen LogP contribution in [0.15, 0.2) is 48.8 Å². The molecule has 2 rings (SSSR count). The second-order valence-corrected chi connectivity index (χ2v) is 3.65. The summed E-state index contributed by atoms with van der Waals surface area (Å²) in [5.74, 6) is -1.46. The van der Waals surface area contributed by atoms with E-state index in [4.69, 9.17) is 0 Å². The maximum Gasteiger partial charge on any atom is 0.336 e. The number of carbonyl (C=O) groups is 1. The SMILES string of the molecule is O=C(O)/C(=C/c1cccc(F)c1)c1ccncc1. The van der Waals surface area contributed by atoms with E-state index in [0.717, 1.165) is 0 Å². The highest BCUT2D eigenvalue weighted by Crippen LogP contribution is 2.18. The third-order valence-corrected chi connectivity index (χ3v) is 2.38. The monoisotopic (exact) mass is 243 g/mol. The Kier molecular flexibility index (Phi) is 3.48. The van der Waals surface area contributed by atoms with Crippen molar-refractivity contribution in [2.24, 2.45) is 0 Å². The number of hydrogen-bond donors (Lipinski definition) is 1. The van der Waals surface area contributed by atoms with Crippen LogP contribution in [0.25, 0.3) is 11.6 Å². The van der Waals surface area contributed by atoms with Gasteiger partial charge in [-0.1, -0.05) is 12.1 Å².